The molecule has 47 heavy (non-hydrogen) atoms. The zero-order chi connectivity index (χ0) is 33.5. The maximum atomic E-state index is 14.2. The molecule has 6 rings (SSSR count). The number of H-pyrrole nitrogens is 1. The highest BCUT2D eigenvalue weighted by Crippen LogP contribution is 2.37. The summed E-state index contributed by atoms with van der Waals surface area (Å²) in [6.45, 7) is 1.12. The first kappa shape index (κ1) is 32.3. The number of likely N-dealkylation sites (tertiary alicyclic amines) is 1. The maximum absolute atomic E-state index is 14.2. The number of benzene rings is 2. The van der Waals surface area contributed by atoms with Gasteiger partial charge in [-0.3, -0.25) is 19.2 Å². The second-order valence-electron chi connectivity index (χ2n) is 13.0. The lowest BCUT2D eigenvalue weighted by molar-refractivity contribution is -0.146. The summed E-state index contributed by atoms with van der Waals surface area (Å²) in [5.41, 5.74) is 0.371. The zero-order valence-corrected chi connectivity index (χ0v) is 26.0. The molecule has 4 heterocycles. The normalized spacial score (nSPS) is 26.7. The fraction of sp³-hybridized carbons (Fsp3) is 0.457. The van der Waals surface area contributed by atoms with Gasteiger partial charge in [0.1, 0.15) is 12.1 Å². The van der Waals surface area contributed by atoms with Crippen molar-refractivity contribution in [1.29, 1.82) is 5.26 Å². The monoisotopic (exact) mass is 645 g/mol. The number of nitriles is 1. The van der Waals surface area contributed by atoms with Gasteiger partial charge in [0.15, 0.2) is 0 Å². The summed E-state index contributed by atoms with van der Waals surface area (Å²) >= 11 is 0. The lowest BCUT2D eigenvalue weighted by atomic mass is 9.91. The van der Waals surface area contributed by atoms with E-state index in [1.807, 2.05) is 0 Å². The summed E-state index contributed by atoms with van der Waals surface area (Å²) in [6, 6.07) is 11.9. The van der Waals surface area contributed by atoms with Crippen LogP contribution in [0, 0.1) is 17.2 Å². The molecule has 3 aliphatic heterocycles. The van der Waals surface area contributed by atoms with E-state index < -0.39 is 47.9 Å². The minimum absolute atomic E-state index is 0.0361. The van der Waals surface area contributed by atoms with Crippen LogP contribution in [0.25, 0.3) is 10.8 Å². The molecule has 12 heteroatoms. The van der Waals surface area contributed by atoms with Crippen molar-refractivity contribution in [2.24, 2.45) is 5.92 Å². The van der Waals surface area contributed by atoms with E-state index in [4.69, 9.17) is 0 Å². The second kappa shape index (κ2) is 12.9. The van der Waals surface area contributed by atoms with Crippen LogP contribution in [0.2, 0.25) is 0 Å². The SMILES string of the molecule is CC(F)(F)c1ccc2ccc(C(=O)N[C@H]3CCCCC[C@H]4[C@H](O)CC(C(=O)N5C[C@@H](C#N)[C@H](c6cc[nH]c(=O)c6)C5)N4C3=O)cc2c1. The molecular weight excluding hydrogens is 608 g/mol. The predicted molar refractivity (Wildman–Crippen MR) is 168 cm³/mol. The van der Waals surface area contributed by atoms with Crippen LogP contribution in [0.5, 0.6) is 0 Å². The van der Waals surface area contributed by atoms with E-state index in [0.29, 0.717) is 35.6 Å². The topological polar surface area (TPSA) is 147 Å². The van der Waals surface area contributed by atoms with Crippen molar-refractivity contribution >= 4 is 28.5 Å². The Bertz CT molecular complexity index is 1800. The number of pyridine rings is 1. The van der Waals surface area contributed by atoms with E-state index >= 15 is 0 Å². The molecule has 0 radical (unpaired) electrons. The number of halogens is 2. The third-order valence-electron chi connectivity index (χ3n) is 9.87. The van der Waals surface area contributed by atoms with Crippen molar-refractivity contribution < 1.29 is 28.3 Å². The van der Waals surface area contributed by atoms with E-state index in [9.17, 15) is 38.3 Å². The molecule has 2 aromatic carbocycles. The van der Waals surface area contributed by atoms with E-state index in [-0.39, 0.29) is 48.0 Å². The second-order valence-corrected chi connectivity index (χ2v) is 13.0. The molecule has 0 spiro atoms. The number of aromatic amines is 1. The van der Waals surface area contributed by atoms with Crippen LogP contribution < -0.4 is 10.9 Å². The number of nitrogens with zero attached hydrogens (tertiary/aromatic N) is 3. The van der Waals surface area contributed by atoms with Crippen molar-refractivity contribution in [2.75, 3.05) is 13.1 Å². The van der Waals surface area contributed by atoms with Crippen LogP contribution in [0.15, 0.2) is 59.5 Å². The number of aromatic nitrogens is 1. The molecular formula is C35H37F2N5O5. The number of rotatable bonds is 5. The number of nitrogens with one attached hydrogen (secondary N) is 2. The Morgan fingerprint density at radius 1 is 1.02 bits per heavy atom. The van der Waals surface area contributed by atoms with Gasteiger partial charge < -0.3 is 25.2 Å². The van der Waals surface area contributed by atoms with Crippen LogP contribution in [-0.4, -0.2) is 74.9 Å². The van der Waals surface area contributed by atoms with Gasteiger partial charge in [-0.25, -0.2) is 8.78 Å². The Labute approximate surface area is 270 Å². The molecule has 0 aliphatic carbocycles. The van der Waals surface area contributed by atoms with Gasteiger partial charge in [0.25, 0.3) is 11.8 Å². The molecule has 0 bridgehead atoms. The highest BCUT2D eigenvalue weighted by Gasteiger charge is 2.50. The lowest BCUT2D eigenvalue weighted by Gasteiger charge is -2.34. The highest BCUT2D eigenvalue weighted by molar-refractivity contribution is 6.01. The summed E-state index contributed by atoms with van der Waals surface area (Å²) in [5.74, 6) is -5.37. The van der Waals surface area contributed by atoms with E-state index in [1.54, 1.807) is 24.3 Å². The molecule has 3 fully saturated rings. The minimum Gasteiger partial charge on any atom is -0.391 e. The van der Waals surface area contributed by atoms with Gasteiger partial charge in [-0.15, -0.1) is 0 Å². The average molecular weight is 646 g/mol. The smallest absolute Gasteiger partial charge is 0.270 e. The lowest BCUT2D eigenvalue weighted by Crippen LogP contribution is -2.56. The van der Waals surface area contributed by atoms with Gasteiger partial charge in [0.2, 0.25) is 17.4 Å². The number of aliphatic hydroxyl groups is 1. The van der Waals surface area contributed by atoms with Crippen LogP contribution in [0.3, 0.4) is 0 Å². The first-order chi connectivity index (χ1) is 22.4. The van der Waals surface area contributed by atoms with Crippen LogP contribution in [0.1, 0.15) is 72.9 Å². The predicted octanol–water partition coefficient (Wildman–Crippen LogP) is 3.80. The fourth-order valence-corrected chi connectivity index (χ4v) is 7.36. The van der Waals surface area contributed by atoms with Gasteiger partial charge in [-0.1, -0.05) is 37.5 Å². The Kier molecular flexibility index (Phi) is 8.85. The highest BCUT2D eigenvalue weighted by atomic mass is 19.3. The molecule has 3 amide bonds. The number of aliphatic hydroxyl groups excluding tert-OH is 1. The average Bonchev–Trinajstić information content (AvgIpc) is 3.64. The van der Waals surface area contributed by atoms with Gasteiger partial charge in [0, 0.05) is 55.7 Å². The molecule has 3 aromatic rings. The van der Waals surface area contributed by atoms with E-state index in [1.165, 1.54) is 40.3 Å². The van der Waals surface area contributed by atoms with Crippen molar-refractivity contribution in [2.45, 2.75) is 81.5 Å². The Hall–Kier alpha value is -4.63. The van der Waals surface area contributed by atoms with Gasteiger partial charge in [-0.2, -0.15) is 5.26 Å². The quantitative estimate of drug-likeness (QED) is 0.385. The van der Waals surface area contributed by atoms with E-state index in [2.05, 4.69) is 16.4 Å². The molecule has 3 aliphatic rings. The van der Waals surface area contributed by atoms with Crippen LogP contribution >= 0.6 is 0 Å². The first-order valence-corrected chi connectivity index (χ1v) is 16.0. The van der Waals surface area contributed by atoms with E-state index in [0.717, 1.165) is 19.8 Å². The maximum Gasteiger partial charge on any atom is 0.270 e. The summed E-state index contributed by atoms with van der Waals surface area (Å²) in [7, 11) is 0. The number of carbonyl (C=O) groups excluding carboxylic acids is 3. The molecule has 1 aromatic heterocycles. The molecule has 6 atom stereocenters. The Balaban J connectivity index is 1.24. The first-order valence-electron chi connectivity index (χ1n) is 16.0. The number of amides is 3. The van der Waals surface area contributed by atoms with Gasteiger partial charge in [0.05, 0.1) is 24.1 Å². The Morgan fingerprint density at radius 2 is 1.79 bits per heavy atom. The molecule has 3 saturated heterocycles. The summed E-state index contributed by atoms with van der Waals surface area (Å²) < 4.78 is 28.0. The third kappa shape index (κ3) is 6.49. The minimum atomic E-state index is -3.05. The molecule has 0 saturated carbocycles. The van der Waals surface area contributed by atoms with Crippen molar-refractivity contribution in [3.8, 4) is 6.07 Å². The number of carbonyl (C=O) groups is 3. The molecule has 246 valence electrons. The van der Waals surface area contributed by atoms with Crippen molar-refractivity contribution in [3.63, 3.8) is 0 Å². The third-order valence-corrected chi connectivity index (χ3v) is 9.87. The molecule has 10 nitrogen and oxygen atoms in total. The molecule has 1 unspecified atom stereocenters. The Morgan fingerprint density at radius 3 is 2.53 bits per heavy atom. The summed E-state index contributed by atoms with van der Waals surface area (Å²) in [6.07, 6.45) is 3.58. The number of fused-ring (bicyclic) bond motifs is 2. The summed E-state index contributed by atoms with van der Waals surface area (Å²) in [5, 5.41) is 25.0. The van der Waals surface area contributed by atoms with Crippen LogP contribution in [-0.2, 0) is 15.5 Å². The number of hydrogen-bond acceptors (Lipinski definition) is 6. The van der Waals surface area contributed by atoms with Crippen molar-refractivity contribution in [3.05, 3.63) is 81.8 Å². The largest absolute Gasteiger partial charge is 0.391 e. The van der Waals surface area contributed by atoms with Gasteiger partial charge >= 0.3 is 0 Å². The standard InChI is InChI=1S/C35H37F2N5O5/c1-35(36,37)25-10-9-20-7-8-22(13-23(20)14-25)32(45)40-27-5-3-2-4-6-28-30(43)16-29(42(28)33(27)46)34(47)41-18-24(17-38)26(19-41)21-11-12-39-31(44)15-21/h7-15,24,26-30,43H,2-6,16,18-19H2,1H3,(H,39,44)(H,40,45)/t24-,26+,27+,28+,29?,30-/m1/s1. The number of hydrogen-bond donors (Lipinski definition) is 3. The summed E-state index contributed by atoms with van der Waals surface area (Å²) in [4.78, 5) is 59.3. The zero-order valence-electron chi connectivity index (χ0n) is 26.0. The molecule has 3 N–H and O–H groups in total. The van der Waals surface area contributed by atoms with Gasteiger partial charge in [-0.05, 0) is 53.4 Å². The van der Waals surface area contributed by atoms with Crippen LogP contribution in [0.4, 0.5) is 8.78 Å². The fourth-order valence-electron chi connectivity index (χ4n) is 7.36. The van der Waals surface area contributed by atoms with Crippen molar-refractivity contribution in [1.82, 2.24) is 20.1 Å². The number of alkyl halides is 2.